The monoisotopic (exact) mass is 346 g/mol. The number of pyridine rings is 1. The maximum atomic E-state index is 13.0. The summed E-state index contributed by atoms with van der Waals surface area (Å²) in [6, 6.07) is 14.6. The molecular formula is C19H18N6O. The van der Waals surface area contributed by atoms with Gasteiger partial charge in [0.25, 0.3) is 5.91 Å². The van der Waals surface area contributed by atoms with Gasteiger partial charge in [-0.1, -0.05) is 18.2 Å². The lowest BCUT2D eigenvalue weighted by Crippen LogP contribution is -2.33. The molecule has 1 amide bonds. The first-order valence-corrected chi connectivity index (χ1v) is 8.34. The van der Waals surface area contributed by atoms with E-state index in [0.29, 0.717) is 36.5 Å². The molecule has 0 N–H and O–H groups in total. The van der Waals surface area contributed by atoms with E-state index in [4.69, 9.17) is 5.26 Å². The Labute approximate surface area is 151 Å². The fourth-order valence-electron chi connectivity index (χ4n) is 2.67. The van der Waals surface area contributed by atoms with Crippen molar-refractivity contribution in [2.75, 3.05) is 13.1 Å². The molecule has 0 atom stereocenters. The average Bonchev–Trinajstić information content (AvgIpc) is 3.23. The quantitative estimate of drug-likeness (QED) is 0.683. The van der Waals surface area contributed by atoms with Crippen LogP contribution in [0.4, 0.5) is 0 Å². The van der Waals surface area contributed by atoms with E-state index in [2.05, 4.69) is 15.2 Å². The van der Waals surface area contributed by atoms with Crippen molar-refractivity contribution in [1.29, 1.82) is 5.26 Å². The van der Waals surface area contributed by atoms with E-state index in [0.717, 1.165) is 5.69 Å². The number of hydrogen-bond acceptors (Lipinski definition) is 5. The topological polar surface area (TPSA) is 87.7 Å². The van der Waals surface area contributed by atoms with Crippen LogP contribution in [0.25, 0.3) is 5.69 Å². The summed E-state index contributed by atoms with van der Waals surface area (Å²) < 4.78 is 0. The SMILES string of the molecule is CCN(CCc1cccc(C#N)n1)C(=O)c1ccccc1-n1nccn1. The van der Waals surface area contributed by atoms with Crippen LogP contribution in [0.5, 0.6) is 0 Å². The Morgan fingerprint density at radius 2 is 1.92 bits per heavy atom. The lowest BCUT2D eigenvalue weighted by molar-refractivity contribution is 0.0765. The second-order valence-electron chi connectivity index (χ2n) is 5.60. The number of carbonyl (C=O) groups excluding carboxylic acids is 1. The van der Waals surface area contributed by atoms with Crippen LogP contribution in [-0.2, 0) is 6.42 Å². The van der Waals surface area contributed by atoms with Gasteiger partial charge in [0, 0.05) is 25.2 Å². The van der Waals surface area contributed by atoms with Crippen LogP contribution in [0.2, 0.25) is 0 Å². The fourth-order valence-corrected chi connectivity index (χ4v) is 2.67. The summed E-state index contributed by atoms with van der Waals surface area (Å²) >= 11 is 0. The van der Waals surface area contributed by atoms with E-state index in [1.165, 1.54) is 4.80 Å². The van der Waals surface area contributed by atoms with E-state index in [1.807, 2.05) is 37.3 Å². The van der Waals surface area contributed by atoms with Gasteiger partial charge in [0.2, 0.25) is 0 Å². The zero-order valence-electron chi connectivity index (χ0n) is 14.4. The third-order valence-corrected chi connectivity index (χ3v) is 4.00. The molecule has 1 aromatic carbocycles. The minimum Gasteiger partial charge on any atom is -0.338 e. The highest BCUT2D eigenvalue weighted by atomic mass is 16.2. The minimum absolute atomic E-state index is 0.0863. The third kappa shape index (κ3) is 3.75. The predicted molar refractivity (Wildman–Crippen MR) is 95.6 cm³/mol. The van der Waals surface area contributed by atoms with Crippen molar-refractivity contribution in [1.82, 2.24) is 24.9 Å². The number of aromatic nitrogens is 4. The summed E-state index contributed by atoms with van der Waals surface area (Å²) in [6.07, 6.45) is 3.73. The molecule has 0 saturated heterocycles. The average molecular weight is 346 g/mol. The molecular weight excluding hydrogens is 328 g/mol. The first-order valence-electron chi connectivity index (χ1n) is 8.34. The zero-order valence-corrected chi connectivity index (χ0v) is 14.4. The first kappa shape index (κ1) is 17.3. The second-order valence-corrected chi connectivity index (χ2v) is 5.60. The van der Waals surface area contributed by atoms with Crippen molar-refractivity contribution in [3.63, 3.8) is 0 Å². The summed E-state index contributed by atoms with van der Waals surface area (Å²) in [5.41, 5.74) is 2.36. The number of hydrogen-bond donors (Lipinski definition) is 0. The number of benzene rings is 1. The molecule has 0 radical (unpaired) electrons. The molecule has 0 aliphatic carbocycles. The molecule has 3 aromatic rings. The summed E-state index contributed by atoms with van der Waals surface area (Å²) in [5.74, 6) is -0.0863. The van der Waals surface area contributed by atoms with E-state index in [9.17, 15) is 4.79 Å². The molecule has 26 heavy (non-hydrogen) atoms. The fraction of sp³-hybridized carbons (Fsp3) is 0.211. The number of amides is 1. The van der Waals surface area contributed by atoms with Crippen LogP contribution in [0.15, 0.2) is 54.9 Å². The number of likely N-dealkylation sites (N-methyl/N-ethyl adjacent to an activating group) is 1. The van der Waals surface area contributed by atoms with Gasteiger partial charge in [-0.2, -0.15) is 20.3 Å². The molecule has 7 nitrogen and oxygen atoms in total. The summed E-state index contributed by atoms with van der Waals surface area (Å²) in [6.45, 7) is 3.02. The molecule has 2 aromatic heterocycles. The van der Waals surface area contributed by atoms with Crippen LogP contribution in [0, 0.1) is 11.3 Å². The minimum atomic E-state index is -0.0863. The van der Waals surface area contributed by atoms with Crippen molar-refractivity contribution in [3.8, 4) is 11.8 Å². The van der Waals surface area contributed by atoms with Gasteiger partial charge in [0.1, 0.15) is 11.8 Å². The van der Waals surface area contributed by atoms with Crippen LogP contribution >= 0.6 is 0 Å². The number of carbonyl (C=O) groups is 1. The van der Waals surface area contributed by atoms with Crippen LogP contribution in [-0.4, -0.2) is 43.9 Å². The van der Waals surface area contributed by atoms with Gasteiger partial charge in [-0.15, -0.1) is 0 Å². The maximum absolute atomic E-state index is 13.0. The Bertz CT molecular complexity index is 929. The Morgan fingerprint density at radius 3 is 2.65 bits per heavy atom. The Balaban J connectivity index is 1.78. The maximum Gasteiger partial charge on any atom is 0.256 e. The highest BCUT2D eigenvalue weighted by Gasteiger charge is 2.19. The van der Waals surface area contributed by atoms with Gasteiger partial charge >= 0.3 is 0 Å². The lowest BCUT2D eigenvalue weighted by atomic mass is 10.1. The van der Waals surface area contributed by atoms with Crippen molar-refractivity contribution in [3.05, 3.63) is 71.8 Å². The van der Waals surface area contributed by atoms with Crippen molar-refractivity contribution in [2.24, 2.45) is 0 Å². The normalized spacial score (nSPS) is 10.3. The molecule has 0 bridgehead atoms. The predicted octanol–water partition coefficient (Wildman–Crippen LogP) is 2.24. The van der Waals surface area contributed by atoms with E-state index < -0.39 is 0 Å². The Hall–Kier alpha value is -3.53. The number of para-hydroxylation sites is 1. The lowest BCUT2D eigenvalue weighted by Gasteiger charge is -2.22. The Kier molecular flexibility index (Phi) is 5.34. The molecule has 0 saturated carbocycles. The van der Waals surface area contributed by atoms with Crippen LogP contribution in [0.3, 0.4) is 0 Å². The van der Waals surface area contributed by atoms with Gasteiger partial charge in [-0.25, -0.2) is 4.98 Å². The first-order chi connectivity index (χ1) is 12.7. The smallest absolute Gasteiger partial charge is 0.256 e. The van der Waals surface area contributed by atoms with Gasteiger partial charge in [-0.3, -0.25) is 4.79 Å². The number of rotatable bonds is 6. The Morgan fingerprint density at radius 1 is 1.15 bits per heavy atom. The highest BCUT2D eigenvalue weighted by Crippen LogP contribution is 2.15. The molecule has 130 valence electrons. The van der Waals surface area contributed by atoms with Gasteiger partial charge in [0.15, 0.2) is 0 Å². The van der Waals surface area contributed by atoms with Crippen molar-refractivity contribution in [2.45, 2.75) is 13.3 Å². The van der Waals surface area contributed by atoms with Crippen molar-refractivity contribution >= 4 is 5.91 Å². The van der Waals surface area contributed by atoms with Gasteiger partial charge < -0.3 is 4.90 Å². The molecule has 3 rings (SSSR count). The standard InChI is InChI=1S/C19H18N6O/c1-2-24(13-10-15-6-5-7-16(14-20)23-15)19(26)17-8-3-4-9-18(17)25-21-11-12-22-25/h3-9,11-12H,2,10,13H2,1H3. The molecule has 0 aliphatic heterocycles. The van der Waals surface area contributed by atoms with Crippen molar-refractivity contribution < 1.29 is 4.79 Å². The molecule has 0 aliphatic rings. The molecule has 2 heterocycles. The van der Waals surface area contributed by atoms with Crippen LogP contribution in [0.1, 0.15) is 28.7 Å². The molecule has 0 spiro atoms. The molecule has 7 heteroatoms. The highest BCUT2D eigenvalue weighted by molar-refractivity contribution is 5.97. The third-order valence-electron chi connectivity index (χ3n) is 4.00. The summed E-state index contributed by atoms with van der Waals surface area (Å²) in [5, 5.41) is 17.2. The van der Waals surface area contributed by atoms with Crippen LogP contribution < -0.4 is 0 Å². The van der Waals surface area contributed by atoms with E-state index >= 15 is 0 Å². The second kappa shape index (κ2) is 8.03. The van der Waals surface area contributed by atoms with Gasteiger partial charge in [0.05, 0.1) is 23.6 Å². The largest absolute Gasteiger partial charge is 0.338 e. The number of nitriles is 1. The summed E-state index contributed by atoms with van der Waals surface area (Å²) in [4.78, 5) is 20.5. The number of nitrogens with zero attached hydrogens (tertiary/aromatic N) is 6. The zero-order chi connectivity index (χ0) is 18.4. The molecule has 0 fully saturated rings. The van der Waals surface area contributed by atoms with E-state index in [1.54, 1.807) is 35.5 Å². The molecule has 0 unspecified atom stereocenters. The summed E-state index contributed by atoms with van der Waals surface area (Å²) in [7, 11) is 0. The van der Waals surface area contributed by atoms with Gasteiger partial charge in [-0.05, 0) is 31.2 Å². The van der Waals surface area contributed by atoms with E-state index in [-0.39, 0.29) is 5.91 Å².